The first-order valence-electron chi connectivity index (χ1n) is 12.8. The number of methoxy groups -OCH3 is 1. The highest BCUT2D eigenvalue weighted by Gasteiger charge is 2.40. The zero-order chi connectivity index (χ0) is 25.9. The molecule has 0 saturated carbocycles. The molecule has 7 heteroatoms. The number of amides is 1. The first-order chi connectivity index (χ1) is 17.2. The van der Waals surface area contributed by atoms with Crippen molar-refractivity contribution in [1.29, 1.82) is 0 Å². The van der Waals surface area contributed by atoms with Gasteiger partial charge in [-0.15, -0.1) is 0 Å². The van der Waals surface area contributed by atoms with Crippen molar-refractivity contribution in [3.05, 3.63) is 69.2 Å². The third-order valence-electron chi connectivity index (χ3n) is 8.14. The Morgan fingerprint density at radius 3 is 2.11 bits per heavy atom. The van der Waals surface area contributed by atoms with Crippen molar-refractivity contribution >= 4 is 28.0 Å². The Morgan fingerprint density at radius 1 is 0.972 bits per heavy atom. The monoisotopic (exact) mass is 556 g/mol. The van der Waals surface area contributed by atoms with Crippen LogP contribution in [0.4, 0.5) is 4.79 Å². The van der Waals surface area contributed by atoms with Crippen LogP contribution in [0.15, 0.2) is 46.9 Å². The highest BCUT2D eigenvalue weighted by atomic mass is 79.9. The number of carbonyl (C=O) groups excluding carboxylic acids is 2. The molecular formula is C29H37BrN2O4. The fourth-order valence-electron chi connectivity index (χ4n) is 5.80. The molecule has 0 aromatic heterocycles. The van der Waals surface area contributed by atoms with E-state index in [-0.39, 0.29) is 23.5 Å². The van der Waals surface area contributed by atoms with Crippen molar-refractivity contribution in [2.75, 3.05) is 33.3 Å². The van der Waals surface area contributed by atoms with Crippen LogP contribution in [-0.2, 0) is 9.47 Å². The Morgan fingerprint density at radius 2 is 1.56 bits per heavy atom. The summed E-state index contributed by atoms with van der Waals surface area (Å²) in [5, 5.41) is 0. The molecule has 2 aliphatic rings. The number of benzene rings is 2. The summed E-state index contributed by atoms with van der Waals surface area (Å²) in [6, 6.07) is 14.0. The highest BCUT2D eigenvalue weighted by Crippen LogP contribution is 2.39. The van der Waals surface area contributed by atoms with Crippen LogP contribution < -0.4 is 0 Å². The van der Waals surface area contributed by atoms with E-state index < -0.39 is 6.16 Å². The molecule has 0 aliphatic carbocycles. The molecule has 0 bridgehead atoms. The predicted octanol–water partition coefficient (Wildman–Crippen LogP) is 6.30. The standard InChI is InChI=1S/C29H37BrN2O4/c1-20-6-5-7-21(2)25(20)27(33)31-18-14-29(3,15-19-31)32-16-12-23(13-17-32)26(36-28(34)35-4)22-8-10-24(30)11-9-22/h5-11,23,26H,12-19H2,1-4H3. The van der Waals surface area contributed by atoms with Crippen LogP contribution in [0, 0.1) is 19.8 Å². The lowest BCUT2D eigenvalue weighted by Crippen LogP contribution is -2.56. The van der Waals surface area contributed by atoms with E-state index in [1.165, 1.54) is 7.11 Å². The largest absolute Gasteiger partial charge is 0.508 e. The number of likely N-dealkylation sites (tertiary alicyclic amines) is 2. The molecule has 36 heavy (non-hydrogen) atoms. The van der Waals surface area contributed by atoms with Crippen LogP contribution in [0.25, 0.3) is 0 Å². The van der Waals surface area contributed by atoms with Gasteiger partial charge in [-0.05, 0) is 88.4 Å². The minimum absolute atomic E-state index is 0.0683. The number of hydrogen-bond acceptors (Lipinski definition) is 5. The maximum Gasteiger partial charge on any atom is 0.508 e. The van der Waals surface area contributed by atoms with Gasteiger partial charge in [0.1, 0.15) is 6.10 Å². The molecule has 6 nitrogen and oxygen atoms in total. The molecule has 0 spiro atoms. The van der Waals surface area contributed by atoms with Gasteiger partial charge in [0, 0.05) is 34.6 Å². The van der Waals surface area contributed by atoms with Gasteiger partial charge in [-0.1, -0.05) is 46.3 Å². The molecule has 2 saturated heterocycles. The van der Waals surface area contributed by atoms with Crippen molar-refractivity contribution in [1.82, 2.24) is 9.80 Å². The van der Waals surface area contributed by atoms with Crippen molar-refractivity contribution in [3.8, 4) is 0 Å². The Labute approximate surface area is 223 Å². The van der Waals surface area contributed by atoms with E-state index >= 15 is 0 Å². The fraction of sp³-hybridized carbons (Fsp3) is 0.517. The van der Waals surface area contributed by atoms with E-state index in [0.717, 1.165) is 78.6 Å². The number of aryl methyl sites for hydroxylation is 2. The van der Waals surface area contributed by atoms with Crippen molar-refractivity contribution in [2.24, 2.45) is 5.92 Å². The van der Waals surface area contributed by atoms with Gasteiger partial charge in [-0.3, -0.25) is 9.69 Å². The fourth-order valence-corrected chi connectivity index (χ4v) is 6.06. The Hall–Kier alpha value is -2.38. The molecule has 2 fully saturated rings. The average molecular weight is 558 g/mol. The number of nitrogens with zero attached hydrogens (tertiary/aromatic N) is 2. The quantitative estimate of drug-likeness (QED) is 0.404. The van der Waals surface area contributed by atoms with E-state index in [1.54, 1.807) is 0 Å². The summed E-state index contributed by atoms with van der Waals surface area (Å²) >= 11 is 3.48. The molecule has 0 N–H and O–H groups in total. The predicted molar refractivity (Wildman–Crippen MR) is 144 cm³/mol. The van der Waals surface area contributed by atoms with Gasteiger partial charge in [-0.2, -0.15) is 0 Å². The van der Waals surface area contributed by atoms with Crippen LogP contribution >= 0.6 is 15.9 Å². The van der Waals surface area contributed by atoms with E-state index in [4.69, 9.17) is 9.47 Å². The van der Waals surface area contributed by atoms with Crippen LogP contribution in [0.3, 0.4) is 0 Å². The molecule has 1 atom stereocenters. The third kappa shape index (κ3) is 5.78. The van der Waals surface area contributed by atoms with E-state index in [0.29, 0.717) is 0 Å². The second-order valence-corrected chi connectivity index (χ2v) is 11.3. The summed E-state index contributed by atoms with van der Waals surface area (Å²) in [4.78, 5) is 29.9. The number of halogens is 1. The molecule has 2 aromatic carbocycles. The topological polar surface area (TPSA) is 59.1 Å². The van der Waals surface area contributed by atoms with Crippen LogP contribution in [-0.4, -0.2) is 60.7 Å². The summed E-state index contributed by atoms with van der Waals surface area (Å²) in [6.07, 6.45) is 2.85. The Kier molecular flexibility index (Phi) is 8.41. The summed E-state index contributed by atoms with van der Waals surface area (Å²) < 4.78 is 11.5. The van der Waals surface area contributed by atoms with Gasteiger partial charge in [0.15, 0.2) is 0 Å². The van der Waals surface area contributed by atoms with E-state index in [9.17, 15) is 9.59 Å². The molecule has 4 rings (SSSR count). The molecule has 2 aliphatic heterocycles. The Balaban J connectivity index is 1.38. The van der Waals surface area contributed by atoms with Gasteiger partial charge in [0.25, 0.3) is 5.91 Å². The van der Waals surface area contributed by atoms with Crippen LogP contribution in [0.1, 0.15) is 65.8 Å². The minimum Gasteiger partial charge on any atom is -0.438 e. The first-order valence-corrected chi connectivity index (χ1v) is 13.6. The number of hydrogen-bond donors (Lipinski definition) is 0. The molecule has 0 radical (unpaired) electrons. The van der Waals surface area contributed by atoms with Gasteiger partial charge >= 0.3 is 6.16 Å². The second kappa shape index (κ2) is 11.3. The summed E-state index contributed by atoms with van der Waals surface area (Å²) in [7, 11) is 1.35. The SMILES string of the molecule is COC(=O)OC(c1ccc(Br)cc1)C1CCN(C2(C)CCN(C(=O)c3c(C)cccc3C)CC2)CC1. The maximum absolute atomic E-state index is 13.3. The normalized spacial score (nSPS) is 19.5. The second-order valence-electron chi connectivity index (χ2n) is 10.4. The lowest BCUT2D eigenvalue weighted by molar-refractivity contribution is -0.0293. The first kappa shape index (κ1) is 26.7. The highest BCUT2D eigenvalue weighted by molar-refractivity contribution is 9.10. The molecule has 1 amide bonds. The lowest BCUT2D eigenvalue weighted by atomic mass is 9.82. The average Bonchev–Trinajstić information content (AvgIpc) is 2.88. The number of rotatable bonds is 5. The van der Waals surface area contributed by atoms with Crippen molar-refractivity contribution in [2.45, 2.75) is 58.1 Å². The van der Waals surface area contributed by atoms with Gasteiger partial charge in [0.05, 0.1) is 7.11 Å². The number of ether oxygens (including phenoxy) is 2. The van der Waals surface area contributed by atoms with E-state index in [2.05, 4.69) is 27.8 Å². The maximum atomic E-state index is 13.3. The molecule has 1 unspecified atom stereocenters. The van der Waals surface area contributed by atoms with Gasteiger partial charge in [0.2, 0.25) is 0 Å². The van der Waals surface area contributed by atoms with Crippen LogP contribution in [0.5, 0.6) is 0 Å². The molecular weight excluding hydrogens is 520 g/mol. The number of piperidine rings is 2. The molecule has 194 valence electrons. The summed E-state index contributed by atoms with van der Waals surface area (Å²) in [5.41, 5.74) is 4.01. The number of carbonyl (C=O) groups is 2. The Bertz CT molecular complexity index is 1050. The molecule has 2 heterocycles. The zero-order valence-electron chi connectivity index (χ0n) is 21.8. The van der Waals surface area contributed by atoms with Crippen LogP contribution in [0.2, 0.25) is 0 Å². The van der Waals surface area contributed by atoms with E-state index in [1.807, 2.05) is 61.2 Å². The lowest BCUT2D eigenvalue weighted by Gasteiger charge is -2.49. The molecule has 2 aromatic rings. The smallest absolute Gasteiger partial charge is 0.438 e. The van der Waals surface area contributed by atoms with Gasteiger partial charge in [-0.25, -0.2) is 4.79 Å². The zero-order valence-corrected chi connectivity index (χ0v) is 23.3. The minimum atomic E-state index is -0.641. The van der Waals surface area contributed by atoms with Gasteiger partial charge < -0.3 is 14.4 Å². The van der Waals surface area contributed by atoms with Crippen molar-refractivity contribution in [3.63, 3.8) is 0 Å². The third-order valence-corrected chi connectivity index (χ3v) is 8.67. The summed E-state index contributed by atoms with van der Waals surface area (Å²) in [6.45, 7) is 9.82. The van der Waals surface area contributed by atoms with Crippen molar-refractivity contribution < 1.29 is 19.1 Å². The summed E-state index contributed by atoms with van der Waals surface area (Å²) in [5.74, 6) is 0.388.